The van der Waals surface area contributed by atoms with E-state index < -0.39 is 0 Å². The molecule has 2 aromatic heterocycles. The standard InChI is InChI=1S/C66H74O2S2/c1-5-9-13-17-19-23-53-25-29-55(30-26-53)33-41-59-51-63(47-39-57-35-43-61(44-36-57)67-49-21-15-11-7-3)69-65(59)66-60(42-34-56-31-27-54(28-32-56)24-20-18-14-10-6-2)52-64(70-66)48-40-58-37-45-62(46-38-58)68-50-22-16-12-8-4/h25-32,35-38,43-46,51-52H,5-24,49-50H2,1-4H3. The normalized spacial score (nSPS) is 10.5. The summed E-state index contributed by atoms with van der Waals surface area (Å²) >= 11 is 3.35. The number of thiophene rings is 2. The van der Waals surface area contributed by atoms with Crippen molar-refractivity contribution in [2.75, 3.05) is 13.2 Å². The predicted octanol–water partition coefficient (Wildman–Crippen LogP) is 18.0. The molecule has 4 heteroatoms. The molecule has 0 unspecified atom stereocenters. The van der Waals surface area contributed by atoms with Crippen molar-refractivity contribution < 1.29 is 9.47 Å². The SMILES string of the molecule is CCCCCCCc1ccc(C#Cc2cc(C#Cc3ccc(OCCCCCC)cc3)sc2-c2sc(C#Cc3ccc(OCCCCCC)cc3)cc2C#Cc2ccc(CCCCCCC)cc2)cc1. The summed E-state index contributed by atoms with van der Waals surface area (Å²) in [5.74, 6) is 29.8. The van der Waals surface area contributed by atoms with Crippen LogP contribution in [-0.4, -0.2) is 13.2 Å². The van der Waals surface area contributed by atoms with Gasteiger partial charge in [-0.15, -0.1) is 22.7 Å². The second-order valence-electron chi connectivity index (χ2n) is 18.3. The Morgan fingerprint density at radius 1 is 0.329 bits per heavy atom. The van der Waals surface area contributed by atoms with Gasteiger partial charge in [-0.25, -0.2) is 0 Å². The van der Waals surface area contributed by atoms with Crippen LogP contribution in [0.5, 0.6) is 11.5 Å². The van der Waals surface area contributed by atoms with Crippen LogP contribution in [0.2, 0.25) is 0 Å². The minimum atomic E-state index is 0.742. The van der Waals surface area contributed by atoms with Gasteiger partial charge in [-0.1, -0.05) is 189 Å². The van der Waals surface area contributed by atoms with E-state index in [-0.39, 0.29) is 0 Å². The number of aryl methyl sites for hydroxylation is 2. The molecular weight excluding hydrogens is 889 g/mol. The fourth-order valence-electron chi connectivity index (χ4n) is 8.06. The molecule has 0 saturated heterocycles. The van der Waals surface area contributed by atoms with Crippen molar-refractivity contribution >= 4 is 22.7 Å². The lowest BCUT2D eigenvalue weighted by atomic mass is 10.0. The molecular formula is C66H74O2S2. The van der Waals surface area contributed by atoms with Gasteiger partial charge in [0.2, 0.25) is 0 Å². The second kappa shape index (κ2) is 31.4. The molecule has 0 aliphatic carbocycles. The number of hydrogen-bond donors (Lipinski definition) is 0. The Labute approximate surface area is 431 Å². The molecule has 4 aromatic carbocycles. The summed E-state index contributed by atoms with van der Waals surface area (Å²) in [6.45, 7) is 10.5. The zero-order valence-corrected chi connectivity index (χ0v) is 44.2. The van der Waals surface area contributed by atoms with Crippen LogP contribution >= 0.6 is 22.7 Å². The molecule has 2 nitrogen and oxygen atoms in total. The van der Waals surface area contributed by atoms with Crippen molar-refractivity contribution in [3.8, 4) is 68.6 Å². The van der Waals surface area contributed by atoms with Crippen LogP contribution in [0, 0.1) is 47.4 Å². The predicted molar refractivity (Wildman–Crippen MR) is 302 cm³/mol. The lowest BCUT2D eigenvalue weighted by Gasteiger charge is -2.05. The average Bonchev–Trinajstić information content (AvgIpc) is 4.00. The van der Waals surface area contributed by atoms with E-state index in [1.54, 1.807) is 22.7 Å². The Hall–Kier alpha value is -5.88. The van der Waals surface area contributed by atoms with Crippen molar-refractivity contribution in [3.63, 3.8) is 0 Å². The zero-order valence-electron chi connectivity index (χ0n) is 42.6. The number of unbranched alkanes of at least 4 members (excludes halogenated alkanes) is 14. The highest BCUT2D eigenvalue weighted by Gasteiger charge is 2.16. The molecule has 0 atom stereocenters. The highest BCUT2D eigenvalue weighted by Crippen LogP contribution is 2.40. The lowest BCUT2D eigenvalue weighted by Crippen LogP contribution is -1.96. The van der Waals surface area contributed by atoms with Gasteiger partial charge in [0.1, 0.15) is 11.5 Å². The molecule has 70 heavy (non-hydrogen) atoms. The first-order chi connectivity index (χ1) is 34.5. The van der Waals surface area contributed by atoms with Crippen molar-refractivity contribution in [1.82, 2.24) is 0 Å². The van der Waals surface area contributed by atoms with Gasteiger partial charge in [0.25, 0.3) is 0 Å². The van der Waals surface area contributed by atoms with Gasteiger partial charge in [0.15, 0.2) is 0 Å². The van der Waals surface area contributed by atoms with Gasteiger partial charge in [-0.2, -0.15) is 0 Å². The maximum atomic E-state index is 6.01. The third kappa shape index (κ3) is 19.1. The highest BCUT2D eigenvalue weighted by atomic mass is 32.1. The molecule has 0 bridgehead atoms. The fraction of sp³-hybridized carbons (Fsp3) is 0.394. The van der Waals surface area contributed by atoms with Crippen LogP contribution in [-0.2, 0) is 12.8 Å². The Kier molecular flexibility index (Phi) is 24.0. The van der Waals surface area contributed by atoms with E-state index >= 15 is 0 Å². The van der Waals surface area contributed by atoms with E-state index in [0.717, 1.165) is 103 Å². The molecule has 362 valence electrons. The van der Waals surface area contributed by atoms with Crippen LogP contribution in [0.25, 0.3) is 9.75 Å². The highest BCUT2D eigenvalue weighted by molar-refractivity contribution is 7.23. The Morgan fingerprint density at radius 3 is 1.00 bits per heavy atom. The average molecular weight is 963 g/mol. The van der Waals surface area contributed by atoms with Gasteiger partial charge >= 0.3 is 0 Å². The van der Waals surface area contributed by atoms with Crippen LogP contribution in [0.15, 0.2) is 109 Å². The summed E-state index contributed by atoms with van der Waals surface area (Å²) in [7, 11) is 0. The van der Waals surface area contributed by atoms with Crippen molar-refractivity contribution in [1.29, 1.82) is 0 Å². The van der Waals surface area contributed by atoms with Gasteiger partial charge in [0.05, 0.1) is 32.7 Å². The molecule has 0 fully saturated rings. The first-order valence-electron chi connectivity index (χ1n) is 26.5. The molecule has 0 N–H and O–H groups in total. The Bertz CT molecular complexity index is 2510. The van der Waals surface area contributed by atoms with E-state index in [4.69, 9.17) is 9.47 Å². The minimum absolute atomic E-state index is 0.742. The van der Waals surface area contributed by atoms with Crippen molar-refractivity contribution in [3.05, 3.63) is 163 Å². The van der Waals surface area contributed by atoms with E-state index in [9.17, 15) is 0 Å². The van der Waals surface area contributed by atoms with Crippen molar-refractivity contribution in [2.45, 2.75) is 156 Å². The molecule has 6 rings (SSSR count). The van der Waals surface area contributed by atoms with Crippen molar-refractivity contribution in [2.24, 2.45) is 0 Å². The third-order valence-electron chi connectivity index (χ3n) is 12.3. The molecule has 0 amide bonds. The summed E-state index contributed by atoms with van der Waals surface area (Å²) < 4.78 is 12.0. The van der Waals surface area contributed by atoms with Gasteiger partial charge in [0, 0.05) is 33.4 Å². The first kappa shape index (κ1) is 53.5. The summed E-state index contributed by atoms with van der Waals surface area (Å²) in [5.41, 5.74) is 8.53. The zero-order chi connectivity index (χ0) is 48.9. The van der Waals surface area contributed by atoms with E-state index in [1.165, 1.54) is 114 Å². The summed E-state index contributed by atoms with van der Waals surface area (Å²) in [6, 6.07) is 38.2. The summed E-state index contributed by atoms with van der Waals surface area (Å²) in [4.78, 5) is 4.03. The third-order valence-corrected chi connectivity index (χ3v) is 14.6. The second-order valence-corrected chi connectivity index (χ2v) is 20.4. The number of rotatable bonds is 25. The molecule has 0 radical (unpaired) electrons. The molecule has 0 saturated carbocycles. The van der Waals surface area contributed by atoms with E-state index in [0.29, 0.717) is 0 Å². The Balaban J connectivity index is 1.31. The lowest BCUT2D eigenvalue weighted by molar-refractivity contribution is 0.305. The quantitative estimate of drug-likeness (QED) is 0.0420. The van der Waals surface area contributed by atoms with E-state index in [2.05, 4.69) is 136 Å². The van der Waals surface area contributed by atoms with Crippen LogP contribution in [0.1, 0.15) is 198 Å². The molecule has 0 aliphatic rings. The number of ether oxygens (including phenoxy) is 2. The largest absolute Gasteiger partial charge is 0.494 e. The molecule has 0 spiro atoms. The smallest absolute Gasteiger partial charge is 0.119 e. The van der Waals surface area contributed by atoms with Crippen LogP contribution in [0.4, 0.5) is 0 Å². The maximum absolute atomic E-state index is 6.01. The summed E-state index contributed by atoms with van der Waals surface area (Å²) in [6.07, 6.45) is 24.6. The topological polar surface area (TPSA) is 18.5 Å². The number of hydrogen-bond acceptors (Lipinski definition) is 4. The molecule has 2 heterocycles. The van der Waals surface area contributed by atoms with Crippen LogP contribution in [0.3, 0.4) is 0 Å². The maximum Gasteiger partial charge on any atom is 0.119 e. The van der Waals surface area contributed by atoms with Crippen LogP contribution < -0.4 is 9.47 Å². The van der Waals surface area contributed by atoms with Gasteiger partial charge in [-0.3, -0.25) is 0 Å². The van der Waals surface area contributed by atoms with E-state index in [1.807, 2.05) is 48.5 Å². The first-order valence-corrected chi connectivity index (χ1v) is 28.2. The molecule has 6 aromatic rings. The van der Waals surface area contributed by atoms with Gasteiger partial charge in [-0.05, 0) is 135 Å². The molecule has 0 aliphatic heterocycles. The van der Waals surface area contributed by atoms with Gasteiger partial charge < -0.3 is 9.47 Å². The minimum Gasteiger partial charge on any atom is -0.494 e. The Morgan fingerprint density at radius 2 is 0.643 bits per heavy atom. The summed E-state index contributed by atoms with van der Waals surface area (Å²) in [5, 5.41) is 0. The monoisotopic (exact) mass is 963 g/mol. The number of benzene rings is 4. The fourth-order valence-corrected chi connectivity index (χ4v) is 10.1.